The zero-order valence-corrected chi connectivity index (χ0v) is 11.1. The number of hydrogen-bond acceptors (Lipinski definition) is 1. The van der Waals surface area contributed by atoms with Gasteiger partial charge in [-0.05, 0) is 25.2 Å². The zero-order valence-electron chi connectivity index (χ0n) is 11.1. The Morgan fingerprint density at radius 1 is 1.12 bits per heavy atom. The van der Waals surface area contributed by atoms with E-state index in [1.807, 2.05) is 0 Å². The number of nitriles is 1. The van der Waals surface area contributed by atoms with Gasteiger partial charge >= 0.3 is 0 Å². The van der Waals surface area contributed by atoms with Crippen LogP contribution in [0.2, 0.25) is 0 Å². The van der Waals surface area contributed by atoms with Crippen LogP contribution in [-0.2, 0) is 0 Å². The maximum Gasteiger partial charge on any atom is 0.0689 e. The summed E-state index contributed by atoms with van der Waals surface area (Å²) in [4.78, 5) is 0. The number of rotatable bonds is 4. The topological polar surface area (TPSA) is 23.8 Å². The highest BCUT2D eigenvalue weighted by atomic mass is 14.4. The molecular weight excluding hydrogens is 194 g/mol. The van der Waals surface area contributed by atoms with Crippen molar-refractivity contribution in [2.75, 3.05) is 0 Å². The van der Waals surface area contributed by atoms with Crippen molar-refractivity contribution in [1.82, 2.24) is 0 Å². The van der Waals surface area contributed by atoms with Crippen molar-refractivity contribution < 1.29 is 0 Å². The van der Waals surface area contributed by atoms with E-state index < -0.39 is 0 Å². The van der Waals surface area contributed by atoms with Gasteiger partial charge in [-0.2, -0.15) is 5.26 Å². The highest BCUT2D eigenvalue weighted by Crippen LogP contribution is 2.39. The SMILES string of the molecule is CCCC(C)CC1(C#N)CCCCCCC1. The highest BCUT2D eigenvalue weighted by molar-refractivity contribution is 4.99. The van der Waals surface area contributed by atoms with Crippen LogP contribution in [0.25, 0.3) is 0 Å². The summed E-state index contributed by atoms with van der Waals surface area (Å²) in [6, 6.07) is 2.67. The summed E-state index contributed by atoms with van der Waals surface area (Å²) in [5, 5.41) is 9.53. The predicted octanol–water partition coefficient (Wildman–Crippen LogP) is 5.07. The first-order valence-electron chi connectivity index (χ1n) is 7.14. The smallest absolute Gasteiger partial charge is 0.0689 e. The predicted molar refractivity (Wildman–Crippen MR) is 69.1 cm³/mol. The third-order valence-corrected chi connectivity index (χ3v) is 4.07. The molecule has 0 aromatic carbocycles. The molecule has 0 radical (unpaired) electrons. The lowest BCUT2D eigenvalue weighted by Gasteiger charge is -2.31. The molecule has 1 aliphatic carbocycles. The molecule has 1 unspecified atom stereocenters. The molecule has 0 aromatic heterocycles. The number of nitrogens with zero attached hydrogens (tertiary/aromatic N) is 1. The Labute approximate surface area is 101 Å². The molecule has 0 aromatic rings. The van der Waals surface area contributed by atoms with Crippen molar-refractivity contribution in [2.45, 2.75) is 78.1 Å². The van der Waals surface area contributed by atoms with Crippen LogP contribution in [0.3, 0.4) is 0 Å². The number of hydrogen-bond donors (Lipinski definition) is 0. The third-order valence-electron chi connectivity index (χ3n) is 4.07. The second-order valence-corrected chi connectivity index (χ2v) is 5.76. The molecule has 0 N–H and O–H groups in total. The molecule has 0 aliphatic heterocycles. The molecule has 1 saturated carbocycles. The van der Waals surface area contributed by atoms with Crippen molar-refractivity contribution >= 4 is 0 Å². The molecule has 0 saturated heterocycles. The van der Waals surface area contributed by atoms with Crippen molar-refractivity contribution in [3.8, 4) is 6.07 Å². The van der Waals surface area contributed by atoms with Crippen LogP contribution in [0.5, 0.6) is 0 Å². The van der Waals surface area contributed by atoms with E-state index in [2.05, 4.69) is 19.9 Å². The monoisotopic (exact) mass is 221 g/mol. The van der Waals surface area contributed by atoms with Gasteiger partial charge in [0.25, 0.3) is 0 Å². The molecule has 0 bridgehead atoms. The van der Waals surface area contributed by atoms with Crippen molar-refractivity contribution in [1.29, 1.82) is 5.26 Å². The van der Waals surface area contributed by atoms with Crippen LogP contribution in [0.15, 0.2) is 0 Å². The standard InChI is InChI=1S/C15H27N/c1-3-9-14(2)12-15(13-16)10-7-5-4-6-8-11-15/h14H,3-12H2,1-2H3. The van der Waals surface area contributed by atoms with Crippen LogP contribution in [0.4, 0.5) is 0 Å². The lowest BCUT2D eigenvalue weighted by atomic mass is 9.71. The maximum atomic E-state index is 9.53. The minimum Gasteiger partial charge on any atom is -0.198 e. The first-order chi connectivity index (χ1) is 7.72. The average molecular weight is 221 g/mol. The Kier molecular flexibility index (Phi) is 5.88. The van der Waals surface area contributed by atoms with E-state index in [0.29, 0.717) is 0 Å². The summed E-state index contributed by atoms with van der Waals surface area (Å²) < 4.78 is 0. The molecule has 92 valence electrons. The Balaban J connectivity index is 2.55. The summed E-state index contributed by atoms with van der Waals surface area (Å²) in [5.41, 5.74) is 0.0228. The van der Waals surface area contributed by atoms with Gasteiger partial charge in [-0.3, -0.25) is 0 Å². The normalized spacial score (nSPS) is 22.8. The summed E-state index contributed by atoms with van der Waals surface area (Å²) >= 11 is 0. The van der Waals surface area contributed by atoms with Crippen molar-refractivity contribution in [3.05, 3.63) is 0 Å². The summed E-state index contributed by atoms with van der Waals surface area (Å²) in [5.74, 6) is 0.726. The van der Waals surface area contributed by atoms with Crippen molar-refractivity contribution in [2.24, 2.45) is 11.3 Å². The molecular formula is C15H27N. The largest absolute Gasteiger partial charge is 0.198 e. The van der Waals surface area contributed by atoms with E-state index >= 15 is 0 Å². The molecule has 1 nitrogen and oxygen atoms in total. The molecule has 1 heteroatoms. The van der Waals surface area contributed by atoms with Gasteiger partial charge in [-0.1, -0.05) is 58.8 Å². The molecule has 1 rings (SSSR count). The first-order valence-corrected chi connectivity index (χ1v) is 7.14. The van der Waals surface area contributed by atoms with E-state index in [4.69, 9.17) is 0 Å². The third kappa shape index (κ3) is 4.16. The van der Waals surface area contributed by atoms with Crippen LogP contribution in [0, 0.1) is 22.7 Å². The second-order valence-electron chi connectivity index (χ2n) is 5.76. The summed E-state index contributed by atoms with van der Waals surface area (Å²) in [6.07, 6.45) is 12.6. The highest BCUT2D eigenvalue weighted by Gasteiger charge is 2.31. The first kappa shape index (κ1) is 13.6. The molecule has 0 heterocycles. The van der Waals surface area contributed by atoms with E-state index in [1.165, 1.54) is 44.9 Å². The van der Waals surface area contributed by atoms with E-state index in [9.17, 15) is 5.26 Å². The summed E-state index contributed by atoms with van der Waals surface area (Å²) in [7, 11) is 0. The van der Waals surface area contributed by atoms with Gasteiger partial charge in [0.2, 0.25) is 0 Å². The van der Waals surface area contributed by atoms with E-state index in [0.717, 1.165) is 25.2 Å². The van der Waals surface area contributed by atoms with Crippen LogP contribution in [0.1, 0.15) is 78.1 Å². The van der Waals surface area contributed by atoms with Crippen LogP contribution in [-0.4, -0.2) is 0 Å². The molecule has 1 fully saturated rings. The lowest BCUT2D eigenvalue weighted by Crippen LogP contribution is -2.23. The van der Waals surface area contributed by atoms with Gasteiger partial charge in [0.1, 0.15) is 0 Å². The van der Waals surface area contributed by atoms with Crippen LogP contribution >= 0.6 is 0 Å². The molecule has 1 atom stereocenters. The molecule has 16 heavy (non-hydrogen) atoms. The average Bonchev–Trinajstić information content (AvgIpc) is 2.23. The Morgan fingerprint density at radius 3 is 2.19 bits per heavy atom. The van der Waals surface area contributed by atoms with Gasteiger partial charge in [0.15, 0.2) is 0 Å². The zero-order chi connectivity index (χ0) is 11.9. The Hall–Kier alpha value is -0.510. The molecule has 0 amide bonds. The second kappa shape index (κ2) is 6.94. The van der Waals surface area contributed by atoms with Gasteiger partial charge in [0.05, 0.1) is 11.5 Å². The molecule has 1 aliphatic rings. The fourth-order valence-electron chi connectivity index (χ4n) is 3.21. The summed E-state index contributed by atoms with van der Waals surface area (Å²) in [6.45, 7) is 4.56. The molecule has 0 spiro atoms. The quantitative estimate of drug-likeness (QED) is 0.650. The van der Waals surface area contributed by atoms with Gasteiger partial charge < -0.3 is 0 Å². The maximum absolute atomic E-state index is 9.53. The van der Waals surface area contributed by atoms with E-state index in [-0.39, 0.29) is 5.41 Å². The van der Waals surface area contributed by atoms with Gasteiger partial charge in [-0.15, -0.1) is 0 Å². The Morgan fingerprint density at radius 2 is 1.69 bits per heavy atom. The van der Waals surface area contributed by atoms with Crippen molar-refractivity contribution in [3.63, 3.8) is 0 Å². The Bertz CT molecular complexity index is 218. The minimum absolute atomic E-state index is 0.0228. The fourth-order valence-corrected chi connectivity index (χ4v) is 3.21. The minimum atomic E-state index is 0.0228. The lowest BCUT2D eigenvalue weighted by molar-refractivity contribution is 0.227. The van der Waals surface area contributed by atoms with E-state index in [1.54, 1.807) is 0 Å². The van der Waals surface area contributed by atoms with Crippen LogP contribution < -0.4 is 0 Å². The van der Waals surface area contributed by atoms with Gasteiger partial charge in [-0.25, -0.2) is 0 Å². The van der Waals surface area contributed by atoms with Gasteiger partial charge in [0, 0.05) is 0 Å². The fraction of sp³-hybridized carbons (Fsp3) is 0.933.